The number of hydrogen-bond donors (Lipinski definition) is 1. The van der Waals surface area contributed by atoms with Crippen LogP contribution in [0.15, 0.2) is 92.6 Å². The zero-order valence-corrected chi connectivity index (χ0v) is 16.0. The van der Waals surface area contributed by atoms with Crippen molar-refractivity contribution in [2.75, 3.05) is 5.73 Å². The number of nitrogens with two attached hydrogens (primary N) is 1. The zero-order valence-electron chi connectivity index (χ0n) is 15.2. The van der Waals surface area contributed by atoms with Crippen LogP contribution in [0.4, 0.5) is 5.69 Å². The summed E-state index contributed by atoms with van der Waals surface area (Å²) in [6.45, 7) is 1.89. The molecule has 0 fully saturated rings. The molecule has 5 nitrogen and oxygen atoms in total. The van der Waals surface area contributed by atoms with Gasteiger partial charge >= 0.3 is 0 Å². The summed E-state index contributed by atoms with van der Waals surface area (Å²) in [7, 11) is -3.97. The first-order chi connectivity index (χ1) is 13.5. The van der Waals surface area contributed by atoms with Crippen LogP contribution >= 0.6 is 0 Å². The highest BCUT2D eigenvalue weighted by molar-refractivity contribution is 7.90. The first-order valence-corrected chi connectivity index (χ1v) is 10.1. The number of sulfonamides is 1. The van der Waals surface area contributed by atoms with Crippen molar-refractivity contribution in [3.8, 4) is 11.1 Å². The van der Waals surface area contributed by atoms with E-state index >= 15 is 0 Å². The third-order valence-corrected chi connectivity index (χ3v) is 5.73. The molecule has 0 aliphatic carbocycles. The summed E-state index contributed by atoms with van der Waals surface area (Å²) < 4.78 is 35.6. The van der Waals surface area contributed by atoms with Gasteiger partial charge in [-0.15, -0.1) is 4.40 Å². The normalized spacial score (nSPS) is 12.4. The first kappa shape index (κ1) is 18.0. The minimum Gasteiger partial charge on any atom is -0.437 e. The van der Waals surface area contributed by atoms with Gasteiger partial charge in [0, 0.05) is 5.39 Å². The Hall–Kier alpha value is -3.38. The van der Waals surface area contributed by atoms with E-state index in [1.54, 1.807) is 24.3 Å². The molecule has 0 aliphatic rings. The van der Waals surface area contributed by atoms with Crippen LogP contribution in [0.5, 0.6) is 0 Å². The number of aryl methyl sites for hydroxylation is 1. The van der Waals surface area contributed by atoms with Gasteiger partial charge in [0.15, 0.2) is 0 Å². The Morgan fingerprint density at radius 2 is 1.50 bits per heavy atom. The summed E-state index contributed by atoms with van der Waals surface area (Å²) in [4.78, 5) is 0.0963. The third-order valence-electron chi connectivity index (χ3n) is 4.45. The summed E-state index contributed by atoms with van der Waals surface area (Å²) in [6.07, 6.45) is 0. The lowest BCUT2D eigenvalue weighted by atomic mass is 10.0. The summed E-state index contributed by atoms with van der Waals surface area (Å²) in [5, 5.41) is 0.702. The molecule has 0 aliphatic heterocycles. The Bertz CT molecular complexity index is 1320. The SMILES string of the molecule is Cc1ccc(S(=O)(=O)N=c2oc3ccccc3c(N)c2-c2ccccc2)cc1. The van der Waals surface area contributed by atoms with Gasteiger partial charge in [-0.1, -0.05) is 60.2 Å². The van der Waals surface area contributed by atoms with Crippen molar-refractivity contribution in [1.29, 1.82) is 0 Å². The molecule has 3 aromatic carbocycles. The maximum absolute atomic E-state index is 12.9. The fourth-order valence-electron chi connectivity index (χ4n) is 3.00. The fourth-order valence-corrected chi connectivity index (χ4v) is 3.94. The summed E-state index contributed by atoms with van der Waals surface area (Å²) in [5.74, 6) is 0. The van der Waals surface area contributed by atoms with Crippen molar-refractivity contribution in [3.63, 3.8) is 0 Å². The number of nitrogens with zero attached hydrogens (tertiary/aromatic N) is 1. The molecule has 0 radical (unpaired) electrons. The Morgan fingerprint density at radius 1 is 0.857 bits per heavy atom. The molecular formula is C22H18N2O3S. The molecule has 0 saturated carbocycles. The van der Waals surface area contributed by atoms with Crippen LogP contribution in [0.1, 0.15) is 5.56 Å². The second-order valence-electron chi connectivity index (χ2n) is 6.44. The molecule has 2 N–H and O–H groups in total. The molecule has 0 saturated heterocycles. The molecule has 0 atom stereocenters. The minimum absolute atomic E-state index is 0.0389. The van der Waals surface area contributed by atoms with Crippen LogP contribution in [0.25, 0.3) is 22.1 Å². The lowest BCUT2D eigenvalue weighted by Gasteiger charge is -2.10. The molecule has 0 bridgehead atoms. The second kappa shape index (κ2) is 6.98. The monoisotopic (exact) mass is 390 g/mol. The molecule has 6 heteroatoms. The number of benzene rings is 3. The van der Waals surface area contributed by atoms with Crippen molar-refractivity contribution in [2.45, 2.75) is 11.8 Å². The topological polar surface area (TPSA) is 85.7 Å². The maximum atomic E-state index is 12.9. The van der Waals surface area contributed by atoms with E-state index in [-0.39, 0.29) is 10.4 Å². The van der Waals surface area contributed by atoms with Crippen LogP contribution in [-0.2, 0) is 10.0 Å². The predicted octanol–water partition coefficient (Wildman–Crippen LogP) is 4.28. The van der Waals surface area contributed by atoms with Crippen LogP contribution in [0, 0.1) is 6.92 Å². The molecule has 0 spiro atoms. The highest BCUT2D eigenvalue weighted by atomic mass is 32.2. The Balaban J connectivity index is 2.05. The molecule has 1 heterocycles. The van der Waals surface area contributed by atoms with Crippen LogP contribution in [0.3, 0.4) is 0 Å². The zero-order chi connectivity index (χ0) is 19.7. The summed E-state index contributed by atoms with van der Waals surface area (Å²) in [6, 6.07) is 23.0. The number of para-hydroxylation sites is 1. The smallest absolute Gasteiger partial charge is 0.285 e. The molecule has 140 valence electrons. The molecule has 4 rings (SSSR count). The highest BCUT2D eigenvalue weighted by Gasteiger charge is 2.17. The van der Waals surface area contributed by atoms with E-state index in [9.17, 15) is 8.42 Å². The van der Waals surface area contributed by atoms with Gasteiger partial charge < -0.3 is 10.2 Å². The first-order valence-electron chi connectivity index (χ1n) is 8.70. The van der Waals surface area contributed by atoms with E-state index in [2.05, 4.69) is 4.40 Å². The van der Waals surface area contributed by atoms with E-state index < -0.39 is 10.0 Å². The van der Waals surface area contributed by atoms with E-state index in [0.29, 0.717) is 22.2 Å². The summed E-state index contributed by atoms with van der Waals surface area (Å²) in [5.41, 5.74) is 9.41. The standard InChI is InChI=1S/C22H18N2O3S/c1-15-11-13-17(14-12-15)28(25,26)24-22-20(16-7-3-2-4-8-16)21(23)18-9-5-6-10-19(18)27-22/h2-14H,23H2,1H3. The van der Waals surface area contributed by atoms with Gasteiger partial charge in [-0.05, 0) is 36.8 Å². The average molecular weight is 390 g/mol. The van der Waals surface area contributed by atoms with Gasteiger partial charge in [0.1, 0.15) is 5.58 Å². The van der Waals surface area contributed by atoms with Gasteiger partial charge in [0.25, 0.3) is 10.0 Å². The van der Waals surface area contributed by atoms with Crippen LogP contribution in [-0.4, -0.2) is 8.42 Å². The fraction of sp³-hybridized carbons (Fsp3) is 0.0455. The summed E-state index contributed by atoms with van der Waals surface area (Å²) >= 11 is 0. The Labute approximate surface area is 162 Å². The Kier molecular flexibility index (Phi) is 4.49. The highest BCUT2D eigenvalue weighted by Crippen LogP contribution is 2.29. The minimum atomic E-state index is -3.97. The van der Waals surface area contributed by atoms with Gasteiger partial charge in [-0.2, -0.15) is 8.42 Å². The average Bonchev–Trinajstić information content (AvgIpc) is 2.69. The van der Waals surface area contributed by atoms with Crippen molar-refractivity contribution < 1.29 is 12.8 Å². The third kappa shape index (κ3) is 3.30. The van der Waals surface area contributed by atoms with Gasteiger partial charge in [0.2, 0.25) is 5.55 Å². The predicted molar refractivity (Wildman–Crippen MR) is 110 cm³/mol. The van der Waals surface area contributed by atoms with E-state index in [1.165, 1.54) is 12.1 Å². The molecule has 0 unspecified atom stereocenters. The van der Waals surface area contributed by atoms with Gasteiger partial charge in [-0.3, -0.25) is 0 Å². The molecule has 0 amide bonds. The number of fused-ring (bicyclic) bond motifs is 1. The molecular weight excluding hydrogens is 372 g/mol. The van der Waals surface area contributed by atoms with Crippen molar-refractivity contribution in [3.05, 3.63) is 90.0 Å². The largest absolute Gasteiger partial charge is 0.437 e. The molecule has 28 heavy (non-hydrogen) atoms. The lowest BCUT2D eigenvalue weighted by Crippen LogP contribution is -2.13. The lowest BCUT2D eigenvalue weighted by molar-refractivity contribution is 0.543. The Morgan fingerprint density at radius 3 is 2.21 bits per heavy atom. The number of hydrogen-bond acceptors (Lipinski definition) is 4. The van der Waals surface area contributed by atoms with E-state index in [0.717, 1.165) is 11.1 Å². The van der Waals surface area contributed by atoms with Gasteiger partial charge in [0.05, 0.1) is 16.1 Å². The molecule has 4 aromatic rings. The molecule has 1 aromatic heterocycles. The number of anilines is 1. The number of rotatable bonds is 3. The quantitative estimate of drug-likeness (QED) is 0.566. The van der Waals surface area contributed by atoms with Crippen LogP contribution in [0.2, 0.25) is 0 Å². The van der Waals surface area contributed by atoms with E-state index in [1.807, 2.05) is 49.4 Å². The van der Waals surface area contributed by atoms with Crippen molar-refractivity contribution >= 4 is 26.7 Å². The second-order valence-corrected chi connectivity index (χ2v) is 8.04. The van der Waals surface area contributed by atoms with Crippen molar-refractivity contribution in [1.82, 2.24) is 0 Å². The van der Waals surface area contributed by atoms with E-state index in [4.69, 9.17) is 10.2 Å². The maximum Gasteiger partial charge on any atom is 0.285 e. The van der Waals surface area contributed by atoms with Crippen LogP contribution < -0.4 is 11.3 Å². The number of nitrogen functional groups attached to an aromatic ring is 1. The van der Waals surface area contributed by atoms with Crippen molar-refractivity contribution in [2.24, 2.45) is 4.40 Å². The van der Waals surface area contributed by atoms with Gasteiger partial charge in [-0.25, -0.2) is 0 Å².